The standard InChI is InChI=1S/C17H21ClN2O12P2/c18-11-4-2-1-3-10(11)5-7-19-13(21)6-8-20(17(19)24)16-15(23)14(22)12(31-16)9-30-34(28,29)32-33(25,26)27/h1-4,6,8,12,14-16,22-23H,5,7,9H2,(H,28,29)(H2,25,26,27)/t12-,14?,15+,16-/m1/s1. The van der Waals surface area contributed by atoms with E-state index in [2.05, 4.69) is 8.83 Å². The first kappa shape index (κ1) is 26.9. The molecule has 0 radical (unpaired) electrons. The Hall–Kier alpha value is -1.67. The summed E-state index contributed by atoms with van der Waals surface area (Å²) < 4.78 is 37.5. The van der Waals surface area contributed by atoms with Gasteiger partial charge in [0.05, 0.1) is 6.61 Å². The second-order valence-corrected chi connectivity index (χ2v) is 10.5. The molecule has 1 saturated heterocycles. The van der Waals surface area contributed by atoms with Crippen LogP contribution in [-0.2, 0) is 35.7 Å². The van der Waals surface area contributed by atoms with E-state index in [9.17, 15) is 33.8 Å². The second kappa shape index (κ2) is 10.5. The maximum Gasteiger partial charge on any atom is 0.481 e. The van der Waals surface area contributed by atoms with E-state index in [0.29, 0.717) is 10.6 Å². The van der Waals surface area contributed by atoms with Gasteiger partial charge < -0.3 is 29.6 Å². The van der Waals surface area contributed by atoms with Gasteiger partial charge in [-0.2, -0.15) is 4.31 Å². The lowest BCUT2D eigenvalue weighted by Crippen LogP contribution is -2.43. The molecule has 3 rings (SSSR count). The molecule has 0 bridgehead atoms. The zero-order valence-corrected chi connectivity index (χ0v) is 19.7. The molecule has 188 valence electrons. The molecule has 2 aromatic rings. The van der Waals surface area contributed by atoms with Crippen molar-refractivity contribution in [2.45, 2.75) is 37.5 Å². The molecule has 0 saturated carbocycles. The summed E-state index contributed by atoms with van der Waals surface area (Å²) in [6.45, 7) is -0.975. The first-order chi connectivity index (χ1) is 15.8. The quantitative estimate of drug-likeness (QED) is 0.260. The number of aryl methyl sites for hydroxylation is 1. The molecule has 1 fully saturated rings. The Morgan fingerprint density at radius 3 is 2.38 bits per heavy atom. The van der Waals surface area contributed by atoms with Crippen LogP contribution in [0.4, 0.5) is 0 Å². The minimum Gasteiger partial charge on any atom is -0.387 e. The molecular weight excluding hydrogens is 522 g/mol. The number of aliphatic hydroxyl groups is 2. The number of phosphoric ester groups is 1. The molecule has 5 atom stereocenters. The molecule has 1 aliphatic rings. The summed E-state index contributed by atoms with van der Waals surface area (Å²) in [5.41, 5.74) is -0.798. The van der Waals surface area contributed by atoms with E-state index >= 15 is 0 Å². The van der Waals surface area contributed by atoms with Crippen molar-refractivity contribution in [3.8, 4) is 0 Å². The molecule has 14 nitrogen and oxygen atoms in total. The Balaban J connectivity index is 1.76. The third-order valence-electron chi connectivity index (χ3n) is 4.88. The van der Waals surface area contributed by atoms with Crippen molar-refractivity contribution in [1.29, 1.82) is 0 Å². The summed E-state index contributed by atoms with van der Waals surface area (Å²) >= 11 is 6.10. The van der Waals surface area contributed by atoms with Crippen molar-refractivity contribution >= 4 is 27.2 Å². The van der Waals surface area contributed by atoms with Crippen molar-refractivity contribution in [2.24, 2.45) is 0 Å². The van der Waals surface area contributed by atoms with E-state index in [4.69, 9.17) is 26.1 Å². The van der Waals surface area contributed by atoms with Crippen LogP contribution in [-0.4, -0.2) is 58.9 Å². The van der Waals surface area contributed by atoms with Crippen LogP contribution < -0.4 is 11.2 Å². The van der Waals surface area contributed by atoms with E-state index in [1.807, 2.05) is 0 Å². The topological polar surface area (TPSA) is 207 Å². The number of rotatable bonds is 9. The average Bonchev–Trinajstić information content (AvgIpc) is 3.00. The normalized spacial score (nSPS) is 24.8. The third-order valence-corrected chi connectivity index (χ3v) is 7.40. The fourth-order valence-electron chi connectivity index (χ4n) is 3.29. The summed E-state index contributed by atoms with van der Waals surface area (Å²) in [7, 11) is -10.6. The van der Waals surface area contributed by atoms with Gasteiger partial charge in [0.15, 0.2) is 6.23 Å². The Bertz CT molecular complexity index is 1240. The maximum absolute atomic E-state index is 12.9. The highest BCUT2D eigenvalue weighted by Crippen LogP contribution is 2.57. The fraction of sp³-hybridized carbons (Fsp3) is 0.412. The zero-order valence-electron chi connectivity index (χ0n) is 17.2. The van der Waals surface area contributed by atoms with Crippen LogP contribution in [0.3, 0.4) is 0 Å². The van der Waals surface area contributed by atoms with Crippen LogP contribution >= 0.6 is 27.2 Å². The summed E-state index contributed by atoms with van der Waals surface area (Å²) in [4.78, 5) is 51.8. The fourth-order valence-corrected chi connectivity index (χ4v) is 5.12. The third kappa shape index (κ3) is 6.51. The van der Waals surface area contributed by atoms with E-state index in [1.54, 1.807) is 24.3 Å². The minimum atomic E-state index is -5.36. The van der Waals surface area contributed by atoms with E-state index in [0.717, 1.165) is 21.4 Å². The van der Waals surface area contributed by atoms with Crippen LogP contribution in [0.2, 0.25) is 5.02 Å². The molecule has 0 amide bonds. The molecular formula is C17H21ClN2O12P2. The maximum atomic E-state index is 12.9. The van der Waals surface area contributed by atoms with Gasteiger partial charge in [-0.1, -0.05) is 29.8 Å². The van der Waals surface area contributed by atoms with Crippen LogP contribution in [0, 0.1) is 0 Å². The number of benzene rings is 1. The number of aromatic nitrogens is 2. The minimum absolute atomic E-state index is 0.0481. The van der Waals surface area contributed by atoms with Crippen LogP contribution in [0.1, 0.15) is 11.8 Å². The monoisotopic (exact) mass is 542 g/mol. The number of ether oxygens (including phenoxy) is 1. The van der Waals surface area contributed by atoms with Gasteiger partial charge in [-0.05, 0) is 18.1 Å². The molecule has 0 aliphatic carbocycles. The van der Waals surface area contributed by atoms with Crippen molar-refractivity contribution in [3.05, 3.63) is 68.0 Å². The lowest BCUT2D eigenvalue weighted by atomic mass is 10.1. The van der Waals surface area contributed by atoms with Gasteiger partial charge in [0.2, 0.25) is 0 Å². The molecule has 2 heterocycles. The van der Waals surface area contributed by atoms with Crippen LogP contribution in [0.5, 0.6) is 0 Å². The lowest BCUT2D eigenvalue weighted by Gasteiger charge is -2.19. The van der Waals surface area contributed by atoms with Crippen molar-refractivity contribution in [3.63, 3.8) is 0 Å². The second-order valence-electron chi connectivity index (χ2n) is 7.22. The molecule has 1 aromatic heterocycles. The molecule has 17 heteroatoms. The smallest absolute Gasteiger partial charge is 0.387 e. The van der Waals surface area contributed by atoms with E-state index in [-0.39, 0.29) is 13.0 Å². The molecule has 2 unspecified atom stereocenters. The number of halogens is 1. The van der Waals surface area contributed by atoms with Crippen LogP contribution in [0.25, 0.3) is 0 Å². The molecule has 5 N–H and O–H groups in total. The highest BCUT2D eigenvalue weighted by molar-refractivity contribution is 7.60. The van der Waals surface area contributed by atoms with Gasteiger partial charge in [-0.25, -0.2) is 13.9 Å². The number of hydrogen-bond donors (Lipinski definition) is 5. The van der Waals surface area contributed by atoms with Crippen LogP contribution in [0.15, 0.2) is 46.1 Å². The lowest BCUT2D eigenvalue weighted by molar-refractivity contribution is -0.0548. The van der Waals surface area contributed by atoms with Gasteiger partial charge in [-0.3, -0.25) is 18.5 Å². The first-order valence-corrected chi connectivity index (χ1v) is 13.0. The summed E-state index contributed by atoms with van der Waals surface area (Å²) in [5.74, 6) is 0. The van der Waals surface area contributed by atoms with Gasteiger partial charge in [-0.15, -0.1) is 0 Å². The van der Waals surface area contributed by atoms with Gasteiger partial charge in [0, 0.05) is 23.8 Å². The predicted molar refractivity (Wildman–Crippen MR) is 115 cm³/mol. The molecule has 1 aliphatic heterocycles. The summed E-state index contributed by atoms with van der Waals surface area (Å²) in [6, 6.07) is 7.92. The van der Waals surface area contributed by atoms with Gasteiger partial charge in [0.1, 0.15) is 18.3 Å². The molecule has 34 heavy (non-hydrogen) atoms. The SMILES string of the molecule is O=c1ccn([C@@H]2O[C@H](COP(=O)(O)OP(=O)(O)O)C(O)[C@@H]2O)c(=O)n1CCc1ccccc1Cl. The Morgan fingerprint density at radius 2 is 1.74 bits per heavy atom. The first-order valence-electron chi connectivity index (χ1n) is 9.60. The predicted octanol–water partition coefficient (Wildman–Crippen LogP) is -0.248. The van der Waals surface area contributed by atoms with Gasteiger partial charge in [0.25, 0.3) is 5.56 Å². The number of phosphoric acid groups is 2. The van der Waals surface area contributed by atoms with Crippen molar-refractivity contribution in [1.82, 2.24) is 9.13 Å². The van der Waals surface area contributed by atoms with Crippen molar-refractivity contribution < 1.29 is 47.6 Å². The summed E-state index contributed by atoms with van der Waals surface area (Å²) in [6.07, 6.45) is -5.15. The van der Waals surface area contributed by atoms with E-state index < -0.39 is 58.0 Å². The van der Waals surface area contributed by atoms with Gasteiger partial charge >= 0.3 is 21.3 Å². The zero-order chi connectivity index (χ0) is 25.3. The number of aliphatic hydroxyl groups excluding tert-OH is 2. The number of nitrogens with zero attached hydrogens (tertiary/aromatic N) is 2. The largest absolute Gasteiger partial charge is 0.481 e. The summed E-state index contributed by atoms with van der Waals surface area (Å²) in [5, 5.41) is 21.0. The van der Waals surface area contributed by atoms with E-state index in [1.165, 1.54) is 0 Å². The Labute approximate surface area is 196 Å². The van der Waals surface area contributed by atoms with Crippen molar-refractivity contribution in [2.75, 3.05) is 6.61 Å². The average molecular weight is 543 g/mol. The number of hydrogen-bond acceptors (Lipinski definition) is 9. The highest BCUT2D eigenvalue weighted by Gasteiger charge is 2.46. The Morgan fingerprint density at radius 1 is 1.06 bits per heavy atom. The molecule has 0 spiro atoms. The molecule has 1 aromatic carbocycles. The highest BCUT2D eigenvalue weighted by atomic mass is 35.5. The Kier molecular flexibility index (Phi) is 8.33.